The molecule has 0 aliphatic carbocycles. The fraction of sp³-hybridized carbons (Fsp3) is 0.200. The third-order valence-electron chi connectivity index (χ3n) is 2.14. The van der Waals surface area contributed by atoms with Crippen molar-refractivity contribution in [2.45, 2.75) is 13.8 Å². The summed E-state index contributed by atoms with van der Waals surface area (Å²) in [5.74, 6) is 0. The van der Waals surface area contributed by atoms with Gasteiger partial charge in [0.2, 0.25) is 0 Å². The van der Waals surface area contributed by atoms with Crippen molar-refractivity contribution in [3.63, 3.8) is 0 Å². The molecule has 0 atom stereocenters. The standard InChI is InChI=1S/C10H9N2O/c1-6-3-8-9(4-7(6)2)12-10(13)5-11-8/h3-4H,1-2H3,(H,12,13). The van der Waals surface area contributed by atoms with Crippen molar-refractivity contribution in [3.05, 3.63) is 39.8 Å². The van der Waals surface area contributed by atoms with E-state index < -0.39 is 0 Å². The van der Waals surface area contributed by atoms with Crippen LogP contribution in [0.15, 0.2) is 16.9 Å². The van der Waals surface area contributed by atoms with Gasteiger partial charge in [0.05, 0.1) is 11.0 Å². The highest BCUT2D eigenvalue weighted by molar-refractivity contribution is 5.75. The van der Waals surface area contributed by atoms with Crippen molar-refractivity contribution >= 4 is 11.0 Å². The summed E-state index contributed by atoms with van der Waals surface area (Å²) >= 11 is 0. The quantitative estimate of drug-likeness (QED) is 0.653. The van der Waals surface area contributed by atoms with E-state index in [1.807, 2.05) is 26.0 Å². The minimum absolute atomic E-state index is 0.282. The van der Waals surface area contributed by atoms with Crippen molar-refractivity contribution in [2.24, 2.45) is 0 Å². The van der Waals surface area contributed by atoms with Crippen LogP contribution in [0, 0.1) is 20.0 Å². The van der Waals surface area contributed by atoms with Gasteiger partial charge in [-0.15, -0.1) is 0 Å². The largest absolute Gasteiger partial charge is 0.319 e. The summed E-state index contributed by atoms with van der Waals surface area (Å²) in [6.07, 6.45) is 2.36. The average molecular weight is 173 g/mol. The molecule has 1 aromatic carbocycles. The van der Waals surface area contributed by atoms with Gasteiger partial charge in [0.1, 0.15) is 0 Å². The van der Waals surface area contributed by atoms with Gasteiger partial charge in [-0.25, -0.2) is 4.98 Å². The Balaban J connectivity index is 2.89. The molecule has 0 aliphatic rings. The molecular formula is C10H9N2O. The lowest BCUT2D eigenvalue weighted by molar-refractivity contribution is 1.19. The molecule has 0 aliphatic heterocycles. The average Bonchev–Trinajstić information content (AvgIpc) is 2.08. The lowest BCUT2D eigenvalue weighted by Crippen LogP contribution is -2.05. The number of nitrogens with one attached hydrogen (secondary N) is 1. The molecule has 13 heavy (non-hydrogen) atoms. The van der Waals surface area contributed by atoms with E-state index >= 15 is 0 Å². The molecule has 0 unspecified atom stereocenters. The lowest BCUT2D eigenvalue weighted by Gasteiger charge is -2.01. The maximum absolute atomic E-state index is 10.9. The first-order chi connectivity index (χ1) is 6.16. The number of aryl methyl sites for hydroxylation is 2. The number of aromatic nitrogens is 2. The Morgan fingerprint density at radius 2 is 2.00 bits per heavy atom. The van der Waals surface area contributed by atoms with Crippen LogP contribution >= 0.6 is 0 Å². The van der Waals surface area contributed by atoms with E-state index in [1.54, 1.807) is 0 Å². The number of fused-ring (bicyclic) bond motifs is 1. The summed E-state index contributed by atoms with van der Waals surface area (Å²) in [4.78, 5) is 17.5. The molecule has 2 rings (SSSR count). The van der Waals surface area contributed by atoms with E-state index in [9.17, 15) is 4.79 Å². The van der Waals surface area contributed by atoms with Crippen LogP contribution in [0.3, 0.4) is 0 Å². The molecule has 65 valence electrons. The second kappa shape index (κ2) is 2.69. The highest BCUT2D eigenvalue weighted by atomic mass is 16.1. The van der Waals surface area contributed by atoms with Crippen molar-refractivity contribution in [2.75, 3.05) is 0 Å². The summed E-state index contributed by atoms with van der Waals surface area (Å²) in [7, 11) is 0. The second-order valence-electron chi connectivity index (χ2n) is 3.13. The first-order valence-corrected chi connectivity index (χ1v) is 4.06. The molecule has 0 fully saturated rings. The molecule has 0 amide bonds. The molecule has 0 saturated heterocycles. The summed E-state index contributed by atoms with van der Waals surface area (Å²) in [6.45, 7) is 4.02. The first kappa shape index (κ1) is 7.98. The van der Waals surface area contributed by atoms with E-state index in [1.165, 1.54) is 5.56 Å². The number of rotatable bonds is 0. The monoisotopic (exact) mass is 173 g/mol. The zero-order valence-corrected chi connectivity index (χ0v) is 7.51. The van der Waals surface area contributed by atoms with Gasteiger partial charge in [0.15, 0.2) is 6.20 Å². The molecule has 2 aromatic rings. The molecule has 1 N–H and O–H groups in total. The third kappa shape index (κ3) is 1.33. The number of H-pyrrole nitrogens is 1. The topological polar surface area (TPSA) is 45.8 Å². The molecule has 0 spiro atoms. The minimum Gasteiger partial charge on any atom is -0.319 e. The van der Waals surface area contributed by atoms with Crippen LogP contribution < -0.4 is 5.56 Å². The Hall–Kier alpha value is -1.64. The van der Waals surface area contributed by atoms with Crippen LogP contribution in [0.25, 0.3) is 11.0 Å². The SMILES string of the molecule is Cc1cc2n[c]c(=O)[nH]c2cc1C. The summed E-state index contributed by atoms with van der Waals surface area (Å²) in [5, 5.41) is 0. The van der Waals surface area contributed by atoms with Crippen LogP contribution in [0.5, 0.6) is 0 Å². The van der Waals surface area contributed by atoms with E-state index in [2.05, 4.69) is 16.2 Å². The number of aromatic amines is 1. The molecule has 3 nitrogen and oxygen atoms in total. The van der Waals surface area contributed by atoms with Crippen LogP contribution in [0.4, 0.5) is 0 Å². The highest BCUT2D eigenvalue weighted by Gasteiger charge is 1.99. The number of nitrogens with zero attached hydrogens (tertiary/aromatic N) is 1. The summed E-state index contributed by atoms with van der Waals surface area (Å²) < 4.78 is 0. The fourth-order valence-electron chi connectivity index (χ4n) is 1.25. The number of hydrogen-bond donors (Lipinski definition) is 1. The Morgan fingerprint density at radius 3 is 2.77 bits per heavy atom. The number of hydrogen-bond acceptors (Lipinski definition) is 2. The fourth-order valence-corrected chi connectivity index (χ4v) is 1.25. The second-order valence-corrected chi connectivity index (χ2v) is 3.13. The van der Waals surface area contributed by atoms with Crippen molar-refractivity contribution in [1.29, 1.82) is 0 Å². The van der Waals surface area contributed by atoms with Crippen LogP contribution in [0.1, 0.15) is 11.1 Å². The van der Waals surface area contributed by atoms with Gasteiger partial charge in [-0.1, -0.05) is 0 Å². The maximum Gasteiger partial charge on any atom is 0.276 e. The normalized spacial score (nSPS) is 10.6. The van der Waals surface area contributed by atoms with Gasteiger partial charge < -0.3 is 4.98 Å². The van der Waals surface area contributed by atoms with E-state index in [4.69, 9.17) is 0 Å². The van der Waals surface area contributed by atoms with Gasteiger partial charge in [0.25, 0.3) is 5.56 Å². The smallest absolute Gasteiger partial charge is 0.276 e. The summed E-state index contributed by atoms with van der Waals surface area (Å²) in [5.41, 5.74) is 3.59. The molecule has 0 bridgehead atoms. The first-order valence-electron chi connectivity index (χ1n) is 4.06. The maximum atomic E-state index is 10.9. The van der Waals surface area contributed by atoms with Gasteiger partial charge in [-0.2, -0.15) is 0 Å². The van der Waals surface area contributed by atoms with Crippen molar-refractivity contribution in [3.8, 4) is 0 Å². The predicted octanol–water partition coefficient (Wildman–Crippen LogP) is 1.34. The highest BCUT2D eigenvalue weighted by Crippen LogP contribution is 2.13. The predicted molar refractivity (Wildman–Crippen MR) is 50.7 cm³/mol. The Labute approximate surface area is 75.4 Å². The minimum atomic E-state index is -0.282. The molecule has 1 heterocycles. The molecule has 0 saturated carbocycles. The van der Waals surface area contributed by atoms with Crippen LogP contribution in [0.2, 0.25) is 0 Å². The zero-order chi connectivity index (χ0) is 9.42. The Bertz CT molecular complexity index is 514. The third-order valence-corrected chi connectivity index (χ3v) is 2.14. The molecular weight excluding hydrogens is 164 g/mol. The lowest BCUT2D eigenvalue weighted by atomic mass is 10.1. The summed E-state index contributed by atoms with van der Waals surface area (Å²) in [6, 6.07) is 3.87. The van der Waals surface area contributed by atoms with E-state index in [0.29, 0.717) is 0 Å². The van der Waals surface area contributed by atoms with Crippen molar-refractivity contribution < 1.29 is 0 Å². The van der Waals surface area contributed by atoms with Crippen molar-refractivity contribution in [1.82, 2.24) is 9.97 Å². The molecule has 1 aromatic heterocycles. The van der Waals surface area contributed by atoms with E-state index in [-0.39, 0.29) is 5.56 Å². The van der Waals surface area contributed by atoms with Gasteiger partial charge >= 0.3 is 0 Å². The van der Waals surface area contributed by atoms with Crippen LogP contribution in [-0.2, 0) is 0 Å². The zero-order valence-electron chi connectivity index (χ0n) is 7.51. The van der Waals surface area contributed by atoms with Gasteiger partial charge in [-0.3, -0.25) is 4.79 Å². The number of benzene rings is 1. The van der Waals surface area contributed by atoms with Gasteiger partial charge in [0, 0.05) is 0 Å². The van der Waals surface area contributed by atoms with Gasteiger partial charge in [-0.05, 0) is 37.1 Å². The van der Waals surface area contributed by atoms with E-state index in [0.717, 1.165) is 16.6 Å². The Kier molecular flexibility index (Phi) is 1.65. The molecule has 3 heteroatoms. The molecule has 1 radical (unpaired) electrons. The Morgan fingerprint density at radius 1 is 1.31 bits per heavy atom. The van der Waals surface area contributed by atoms with Crippen LogP contribution in [-0.4, -0.2) is 9.97 Å².